The molecule has 0 radical (unpaired) electrons. The minimum Gasteiger partial charge on any atom is -0.360 e. The van der Waals surface area contributed by atoms with Gasteiger partial charge in [-0.05, 0) is 30.3 Å². The monoisotopic (exact) mass is 289 g/mol. The Morgan fingerprint density at radius 3 is 2.32 bits per heavy atom. The molecule has 0 aliphatic heterocycles. The first-order valence-corrected chi connectivity index (χ1v) is 6.43. The summed E-state index contributed by atoms with van der Waals surface area (Å²) in [5.74, 6) is 0. The lowest BCUT2D eigenvalue weighted by atomic mass is 10.1. The molecule has 0 fully saturated rings. The van der Waals surface area contributed by atoms with Gasteiger partial charge in [-0.25, -0.2) is 0 Å². The summed E-state index contributed by atoms with van der Waals surface area (Å²) in [5.41, 5.74) is 3.19. The Hall–Kier alpha value is -1.84. The number of aromatic amines is 1. The number of nitrogens with one attached hydrogen (secondary N) is 1. The zero-order chi connectivity index (χ0) is 13.2. The number of halogens is 2. The molecule has 0 aliphatic carbocycles. The molecule has 0 unspecified atom stereocenters. The molecule has 19 heavy (non-hydrogen) atoms. The lowest BCUT2D eigenvalue weighted by Gasteiger charge is -2.05. The third-order valence-corrected chi connectivity index (χ3v) is 3.58. The van der Waals surface area contributed by atoms with Crippen molar-refractivity contribution in [3.63, 3.8) is 0 Å². The fourth-order valence-electron chi connectivity index (χ4n) is 1.81. The average Bonchev–Trinajstić information content (AvgIpc) is 2.96. The van der Waals surface area contributed by atoms with Crippen LogP contribution >= 0.6 is 23.2 Å². The van der Waals surface area contributed by atoms with E-state index in [1.165, 1.54) is 0 Å². The van der Waals surface area contributed by atoms with Gasteiger partial charge in [-0.15, -0.1) is 10.2 Å². The highest BCUT2D eigenvalue weighted by Gasteiger charge is 2.09. The van der Waals surface area contributed by atoms with Crippen molar-refractivity contribution >= 4 is 23.2 Å². The Morgan fingerprint density at radius 2 is 1.63 bits per heavy atom. The van der Waals surface area contributed by atoms with E-state index < -0.39 is 0 Å². The summed E-state index contributed by atoms with van der Waals surface area (Å²) in [7, 11) is 0. The SMILES string of the molecule is Clc1cccc(-c2ccc(-c3ccc[nH]3)nn2)c1Cl. The molecule has 0 aliphatic rings. The van der Waals surface area contributed by atoms with Crippen LogP contribution < -0.4 is 0 Å². The molecule has 3 aromatic rings. The Balaban J connectivity index is 2.01. The Labute approximate surface area is 120 Å². The first kappa shape index (κ1) is 12.2. The minimum atomic E-state index is 0.492. The molecule has 0 saturated heterocycles. The maximum Gasteiger partial charge on any atom is 0.109 e. The normalized spacial score (nSPS) is 10.6. The third-order valence-electron chi connectivity index (χ3n) is 2.77. The fourth-order valence-corrected chi connectivity index (χ4v) is 2.21. The highest BCUT2D eigenvalue weighted by molar-refractivity contribution is 6.43. The quantitative estimate of drug-likeness (QED) is 0.757. The zero-order valence-electron chi connectivity index (χ0n) is 9.77. The molecule has 0 spiro atoms. The van der Waals surface area contributed by atoms with Crippen molar-refractivity contribution in [3.05, 3.63) is 58.7 Å². The van der Waals surface area contributed by atoms with Gasteiger partial charge in [-0.3, -0.25) is 0 Å². The molecule has 2 heterocycles. The second-order valence-corrected chi connectivity index (χ2v) is 4.77. The molecule has 0 saturated carbocycles. The number of hydrogen-bond donors (Lipinski definition) is 1. The highest BCUT2D eigenvalue weighted by Crippen LogP contribution is 2.32. The van der Waals surface area contributed by atoms with Crippen LogP contribution in [-0.2, 0) is 0 Å². The van der Waals surface area contributed by atoms with Gasteiger partial charge in [0.05, 0.1) is 21.4 Å². The van der Waals surface area contributed by atoms with Crippen molar-refractivity contribution < 1.29 is 0 Å². The van der Waals surface area contributed by atoms with Crippen molar-refractivity contribution in [2.24, 2.45) is 0 Å². The number of hydrogen-bond acceptors (Lipinski definition) is 2. The predicted octanol–water partition coefficient (Wildman–Crippen LogP) is 4.45. The van der Waals surface area contributed by atoms with Crippen molar-refractivity contribution in [2.45, 2.75) is 0 Å². The van der Waals surface area contributed by atoms with E-state index in [9.17, 15) is 0 Å². The smallest absolute Gasteiger partial charge is 0.109 e. The van der Waals surface area contributed by atoms with Gasteiger partial charge in [0.25, 0.3) is 0 Å². The van der Waals surface area contributed by atoms with Crippen LogP contribution in [0.2, 0.25) is 10.0 Å². The zero-order valence-corrected chi connectivity index (χ0v) is 11.3. The van der Waals surface area contributed by atoms with E-state index in [1.807, 2.05) is 42.6 Å². The lowest BCUT2D eigenvalue weighted by molar-refractivity contribution is 1.04. The first-order chi connectivity index (χ1) is 9.25. The first-order valence-electron chi connectivity index (χ1n) is 5.67. The molecular weight excluding hydrogens is 281 g/mol. The number of benzene rings is 1. The van der Waals surface area contributed by atoms with E-state index in [2.05, 4.69) is 15.2 Å². The van der Waals surface area contributed by atoms with Crippen LogP contribution in [0.5, 0.6) is 0 Å². The number of aromatic nitrogens is 3. The summed E-state index contributed by atoms with van der Waals surface area (Å²) in [4.78, 5) is 3.08. The van der Waals surface area contributed by atoms with Crippen LogP contribution in [0.4, 0.5) is 0 Å². The van der Waals surface area contributed by atoms with Crippen LogP contribution in [0, 0.1) is 0 Å². The van der Waals surface area contributed by atoms with E-state index in [4.69, 9.17) is 23.2 Å². The van der Waals surface area contributed by atoms with Gasteiger partial charge in [-0.1, -0.05) is 35.3 Å². The van der Waals surface area contributed by atoms with Crippen LogP contribution in [-0.4, -0.2) is 15.2 Å². The maximum absolute atomic E-state index is 6.16. The largest absolute Gasteiger partial charge is 0.360 e. The summed E-state index contributed by atoms with van der Waals surface area (Å²) in [5, 5.41) is 9.38. The lowest BCUT2D eigenvalue weighted by Crippen LogP contribution is -1.91. The minimum absolute atomic E-state index is 0.492. The number of H-pyrrole nitrogens is 1. The summed E-state index contributed by atoms with van der Waals surface area (Å²) < 4.78 is 0. The molecule has 3 nitrogen and oxygen atoms in total. The van der Waals surface area contributed by atoms with Crippen LogP contribution in [0.1, 0.15) is 0 Å². The van der Waals surface area contributed by atoms with E-state index in [0.29, 0.717) is 15.7 Å². The number of rotatable bonds is 2. The van der Waals surface area contributed by atoms with E-state index in [-0.39, 0.29) is 0 Å². The molecule has 5 heteroatoms. The molecular formula is C14H9Cl2N3. The van der Waals surface area contributed by atoms with Gasteiger partial charge < -0.3 is 4.98 Å². The van der Waals surface area contributed by atoms with E-state index in [1.54, 1.807) is 6.07 Å². The molecule has 3 rings (SSSR count). The van der Waals surface area contributed by atoms with E-state index >= 15 is 0 Å². The highest BCUT2D eigenvalue weighted by atomic mass is 35.5. The van der Waals surface area contributed by atoms with Gasteiger partial charge in [0.1, 0.15) is 5.69 Å². The summed E-state index contributed by atoms with van der Waals surface area (Å²) in [6, 6.07) is 13.1. The average molecular weight is 290 g/mol. The Bertz CT molecular complexity index is 691. The second-order valence-electron chi connectivity index (χ2n) is 3.99. The third kappa shape index (κ3) is 2.35. The maximum atomic E-state index is 6.16. The molecule has 0 amide bonds. The number of nitrogens with zero attached hydrogens (tertiary/aromatic N) is 2. The van der Waals surface area contributed by atoms with Gasteiger partial charge in [0, 0.05) is 11.8 Å². The summed E-state index contributed by atoms with van der Waals surface area (Å²) in [6.07, 6.45) is 1.85. The van der Waals surface area contributed by atoms with Gasteiger partial charge >= 0.3 is 0 Å². The van der Waals surface area contributed by atoms with Crippen molar-refractivity contribution in [1.82, 2.24) is 15.2 Å². The van der Waals surface area contributed by atoms with E-state index in [0.717, 1.165) is 17.0 Å². The van der Waals surface area contributed by atoms with Crippen LogP contribution in [0.15, 0.2) is 48.7 Å². The van der Waals surface area contributed by atoms with Crippen LogP contribution in [0.3, 0.4) is 0 Å². The topological polar surface area (TPSA) is 41.6 Å². The summed E-state index contributed by atoms with van der Waals surface area (Å²) >= 11 is 12.2. The molecule has 94 valence electrons. The molecule has 1 N–H and O–H groups in total. The van der Waals surface area contributed by atoms with Crippen molar-refractivity contribution in [1.29, 1.82) is 0 Å². The Kier molecular flexibility index (Phi) is 3.23. The molecule has 0 atom stereocenters. The molecule has 2 aromatic heterocycles. The standard InChI is InChI=1S/C14H9Cl2N3/c15-10-4-1-3-9(14(10)16)11-6-7-13(19-18-11)12-5-2-8-17-12/h1-8,17H. The van der Waals surface area contributed by atoms with Gasteiger partial charge in [0.2, 0.25) is 0 Å². The predicted molar refractivity (Wildman–Crippen MR) is 77.3 cm³/mol. The summed E-state index contributed by atoms with van der Waals surface area (Å²) in [6.45, 7) is 0. The van der Waals surface area contributed by atoms with Gasteiger partial charge in [0.15, 0.2) is 0 Å². The molecule has 1 aromatic carbocycles. The fraction of sp³-hybridized carbons (Fsp3) is 0. The Morgan fingerprint density at radius 1 is 0.842 bits per heavy atom. The van der Waals surface area contributed by atoms with Crippen molar-refractivity contribution in [2.75, 3.05) is 0 Å². The van der Waals surface area contributed by atoms with Gasteiger partial charge in [-0.2, -0.15) is 0 Å². The van der Waals surface area contributed by atoms with Crippen molar-refractivity contribution in [3.8, 4) is 22.6 Å². The van der Waals surface area contributed by atoms with Crippen LogP contribution in [0.25, 0.3) is 22.6 Å². The molecule has 0 bridgehead atoms. The second kappa shape index (κ2) is 5.03.